The maximum Gasteiger partial charge on any atom is 0.183 e. The third-order valence-corrected chi connectivity index (χ3v) is 5.05. The minimum atomic E-state index is -1.00. The number of aromatic nitrogens is 3. The third-order valence-electron chi connectivity index (χ3n) is 4.70. The quantitative estimate of drug-likeness (QED) is 0.572. The van der Waals surface area contributed by atoms with Crippen LogP contribution in [0.2, 0.25) is 0 Å². The zero-order valence-corrected chi connectivity index (χ0v) is 15.7. The minimum absolute atomic E-state index is 0.292. The van der Waals surface area contributed by atoms with E-state index in [0.29, 0.717) is 42.9 Å². The summed E-state index contributed by atoms with van der Waals surface area (Å²) >= 11 is 4.24. The largest absolute Gasteiger partial charge is 0.387 e. The highest BCUT2D eigenvalue weighted by atomic mass is 32.1. The molecule has 25 heavy (non-hydrogen) atoms. The molecule has 1 atom stereocenters. The molecule has 4 nitrogen and oxygen atoms in total. The number of hydrogen-bond acceptors (Lipinski definition) is 4. The predicted octanol–water partition coefficient (Wildman–Crippen LogP) is 4.04. The molecule has 0 radical (unpaired) electrons. The first-order valence-corrected chi connectivity index (χ1v) is 8.80. The first-order chi connectivity index (χ1) is 11.6. The zero-order chi connectivity index (χ0) is 18.7. The molecular formula is C18H25F2N3OS. The van der Waals surface area contributed by atoms with Gasteiger partial charge in [0.2, 0.25) is 0 Å². The lowest BCUT2D eigenvalue weighted by molar-refractivity contribution is -0.0829. The molecule has 2 rings (SSSR count). The van der Waals surface area contributed by atoms with Crippen molar-refractivity contribution >= 4 is 12.6 Å². The van der Waals surface area contributed by atoms with Gasteiger partial charge in [-0.1, -0.05) is 33.3 Å². The number of aliphatic hydroxyl groups is 1. The SMILES string of the molecule is CC(C)(C)C(O)(CCCCc1ccc(F)cc1F)Cn1ncnc1S. The van der Waals surface area contributed by atoms with E-state index in [0.717, 1.165) is 6.07 Å². The van der Waals surface area contributed by atoms with Gasteiger partial charge in [0.15, 0.2) is 5.16 Å². The predicted molar refractivity (Wildman–Crippen MR) is 95.6 cm³/mol. The van der Waals surface area contributed by atoms with Gasteiger partial charge in [0.05, 0.1) is 12.1 Å². The average molecular weight is 369 g/mol. The van der Waals surface area contributed by atoms with Crippen molar-refractivity contribution in [2.24, 2.45) is 5.41 Å². The summed E-state index contributed by atoms with van der Waals surface area (Å²) in [6.45, 7) is 6.21. The van der Waals surface area contributed by atoms with Crippen LogP contribution in [0.15, 0.2) is 29.7 Å². The second-order valence-corrected chi connectivity index (χ2v) is 7.84. The van der Waals surface area contributed by atoms with E-state index in [4.69, 9.17) is 0 Å². The van der Waals surface area contributed by atoms with Crippen molar-refractivity contribution in [2.75, 3.05) is 0 Å². The van der Waals surface area contributed by atoms with Crippen LogP contribution in [0.4, 0.5) is 8.78 Å². The molecule has 1 N–H and O–H groups in total. The molecule has 0 aliphatic rings. The van der Waals surface area contributed by atoms with Crippen LogP contribution >= 0.6 is 12.6 Å². The summed E-state index contributed by atoms with van der Waals surface area (Å²) in [6, 6.07) is 3.64. The highest BCUT2D eigenvalue weighted by Gasteiger charge is 2.40. The van der Waals surface area contributed by atoms with Gasteiger partial charge in [-0.2, -0.15) is 5.10 Å². The smallest absolute Gasteiger partial charge is 0.183 e. The fourth-order valence-electron chi connectivity index (χ4n) is 2.77. The molecule has 7 heteroatoms. The van der Waals surface area contributed by atoms with Gasteiger partial charge in [-0.05, 0) is 36.3 Å². The van der Waals surface area contributed by atoms with Crippen LogP contribution in [0.5, 0.6) is 0 Å². The first-order valence-electron chi connectivity index (χ1n) is 8.35. The molecule has 0 fully saturated rings. The topological polar surface area (TPSA) is 50.9 Å². The van der Waals surface area contributed by atoms with Crippen molar-refractivity contribution in [3.8, 4) is 0 Å². The van der Waals surface area contributed by atoms with E-state index < -0.39 is 17.2 Å². The highest BCUT2D eigenvalue weighted by Crippen LogP contribution is 2.36. The van der Waals surface area contributed by atoms with Crippen molar-refractivity contribution in [2.45, 2.75) is 63.8 Å². The Morgan fingerprint density at radius 1 is 1.20 bits per heavy atom. The summed E-state index contributed by atoms with van der Waals surface area (Å²) in [4.78, 5) is 3.97. The Morgan fingerprint density at radius 2 is 1.92 bits per heavy atom. The Hall–Kier alpha value is -1.47. The van der Waals surface area contributed by atoms with Gasteiger partial charge >= 0.3 is 0 Å². The van der Waals surface area contributed by atoms with Crippen LogP contribution < -0.4 is 0 Å². The van der Waals surface area contributed by atoms with Gasteiger partial charge in [-0.15, -0.1) is 12.6 Å². The summed E-state index contributed by atoms with van der Waals surface area (Å²) in [5, 5.41) is 15.7. The van der Waals surface area contributed by atoms with Gasteiger partial charge in [0, 0.05) is 6.07 Å². The lowest BCUT2D eigenvalue weighted by Gasteiger charge is -2.40. The van der Waals surface area contributed by atoms with Gasteiger partial charge < -0.3 is 5.11 Å². The number of nitrogens with zero attached hydrogens (tertiary/aromatic N) is 3. The average Bonchev–Trinajstić information content (AvgIpc) is 2.89. The summed E-state index contributed by atoms with van der Waals surface area (Å²) < 4.78 is 28.2. The van der Waals surface area contributed by atoms with Crippen LogP contribution in [0.25, 0.3) is 0 Å². The Labute approximate surface area is 152 Å². The molecule has 0 bridgehead atoms. The molecule has 0 saturated carbocycles. The number of benzene rings is 1. The maximum atomic E-state index is 13.7. The van der Waals surface area contributed by atoms with Gasteiger partial charge in [0.25, 0.3) is 0 Å². The monoisotopic (exact) mass is 369 g/mol. The number of hydrogen-bond donors (Lipinski definition) is 2. The van der Waals surface area contributed by atoms with Crippen molar-refractivity contribution in [1.82, 2.24) is 14.8 Å². The molecule has 1 aromatic heterocycles. The Bertz CT molecular complexity index is 715. The number of unbranched alkanes of at least 4 members (excludes halogenated alkanes) is 1. The Morgan fingerprint density at radius 3 is 2.48 bits per heavy atom. The number of thiol groups is 1. The maximum absolute atomic E-state index is 13.7. The first kappa shape index (κ1) is 19.8. The molecule has 1 heterocycles. The molecule has 0 amide bonds. The van der Waals surface area contributed by atoms with E-state index in [9.17, 15) is 13.9 Å². The zero-order valence-electron chi connectivity index (χ0n) is 14.8. The van der Waals surface area contributed by atoms with E-state index >= 15 is 0 Å². The number of aryl methyl sites for hydroxylation is 1. The second kappa shape index (κ2) is 7.83. The van der Waals surface area contributed by atoms with E-state index in [1.807, 2.05) is 20.8 Å². The van der Waals surface area contributed by atoms with Crippen LogP contribution in [0.1, 0.15) is 45.6 Å². The van der Waals surface area contributed by atoms with Gasteiger partial charge in [-0.25, -0.2) is 18.4 Å². The van der Waals surface area contributed by atoms with Crippen molar-refractivity contribution in [1.29, 1.82) is 0 Å². The van der Waals surface area contributed by atoms with Crippen molar-refractivity contribution in [3.05, 3.63) is 41.7 Å². The minimum Gasteiger partial charge on any atom is -0.387 e. The van der Waals surface area contributed by atoms with Crippen LogP contribution in [-0.4, -0.2) is 25.5 Å². The second-order valence-electron chi connectivity index (χ2n) is 7.44. The van der Waals surface area contributed by atoms with E-state index in [1.54, 1.807) is 4.68 Å². The van der Waals surface area contributed by atoms with Gasteiger partial charge in [-0.3, -0.25) is 0 Å². The van der Waals surface area contributed by atoms with Crippen LogP contribution in [0.3, 0.4) is 0 Å². The van der Waals surface area contributed by atoms with Crippen molar-refractivity contribution < 1.29 is 13.9 Å². The number of halogens is 2. The normalized spacial score (nSPS) is 14.5. The van der Waals surface area contributed by atoms with E-state index in [-0.39, 0.29) is 5.41 Å². The lowest BCUT2D eigenvalue weighted by atomic mass is 9.73. The Kier molecular flexibility index (Phi) is 6.21. The number of rotatable bonds is 7. The molecule has 0 spiro atoms. The third kappa shape index (κ3) is 5.01. The van der Waals surface area contributed by atoms with Gasteiger partial charge in [0.1, 0.15) is 18.0 Å². The highest BCUT2D eigenvalue weighted by molar-refractivity contribution is 7.80. The molecule has 138 valence electrons. The molecular weight excluding hydrogens is 344 g/mol. The molecule has 0 saturated heterocycles. The summed E-state index contributed by atoms with van der Waals surface area (Å²) in [5.41, 5.74) is -0.880. The fraction of sp³-hybridized carbons (Fsp3) is 0.556. The summed E-state index contributed by atoms with van der Waals surface area (Å²) in [7, 11) is 0. The Balaban J connectivity index is 1.97. The molecule has 0 aliphatic heterocycles. The van der Waals surface area contributed by atoms with Crippen LogP contribution in [0, 0.1) is 17.0 Å². The van der Waals surface area contributed by atoms with E-state index in [2.05, 4.69) is 22.7 Å². The van der Waals surface area contributed by atoms with Crippen LogP contribution in [-0.2, 0) is 13.0 Å². The van der Waals surface area contributed by atoms with Crippen molar-refractivity contribution in [3.63, 3.8) is 0 Å². The molecule has 1 unspecified atom stereocenters. The van der Waals surface area contributed by atoms with E-state index in [1.165, 1.54) is 18.5 Å². The molecule has 2 aromatic rings. The lowest BCUT2D eigenvalue weighted by Crippen LogP contribution is -2.46. The molecule has 0 aliphatic carbocycles. The summed E-state index contributed by atoms with van der Waals surface area (Å²) in [6.07, 6.45) is 3.86. The standard InChI is InChI=1S/C18H25F2N3OS/c1-17(2,3)18(24,11-23-16(25)21-12-22-23)9-5-4-6-13-7-8-14(19)10-15(13)20/h7-8,10,12,24H,4-6,9,11H2,1-3H3,(H,21,22,25). The molecule has 1 aromatic carbocycles. The summed E-state index contributed by atoms with van der Waals surface area (Å²) in [5.74, 6) is -1.09. The fourth-order valence-corrected chi connectivity index (χ4v) is 2.94.